The number of benzene rings is 1. The topological polar surface area (TPSA) is 161 Å². The van der Waals surface area contributed by atoms with Crippen LogP contribution in [0.25, 0.3) is 17.5 Å². The molecule has 1 aromatic carbocycles. The Morgan fingerprint density at radius 1 is 1.16 bits per heavy atom. The number of cyclic esters (lactones) is 1. The molecular weight excluding hydrogens is 606 g/mol. The van der Waals surface area contributed by atoms with Gasteiger partial charge in [-0.05, 0) is 0 Å². The first kappa shape index (κ1) is 31.2. The zero-order chi connectivity index (χ0) is 31.9. The van der Waals surface area contributed by atoms with Crippen LogP contribution in [-0.2, 0) is 56.0 Å². The van der Waals surface area contributed by atoms with E-state index in [1.807, 2.05) is 0 Å². The average molecular weight is 641 g/mol. The molecular formula is C31H34FN4O8P. The normalized spacial score (nSPS) is 17.6. The Labute approximate surface area is 258 Å². The van der Waals surface area contributed by atoms with Gasteiger partial charge in [0.15, 0.2) is 0 Å². The van der Waals surface area contributed by atoms with E-state index >= 15 is 0 Å². The number of carbonyl (C=O) groups excluding carboxylic acids is 2. The molecule has 3 aromatic rings. The van der Waals surface area contributed by atoms with Gasteiger partial charge in [-0.2, -0.15) is 0 Å². The van der Waals surface area contributed by atoms with Crippen LogP contribution in [0, 0.1) is 0 Å². The summed E-state index contributed by atoms with van der Waals surface area (Å²) in [5, 5.41) is 5.46. The van der Waals surface area contributed by atoms with E-state index in [0.29, 0.717) is 28.3 Å². The molecule has 0 bridgehead atoms. The molecule has 238 valence electrons. The van der Waals surface area contributed by atoms with Gasteiger partial charge in [0.1, 0.15) is 0 Å². The molecule has 0 saturated heterocycles. The van der Waals surface area contributed by atoms with Crippen LogP contribution in [0.15, 0.2) is 41.0 Å². The Balaban J connectivity index is 1.27. The van der Waals surface area contributed by atoms with Crippen molar-refractivity contribution < 1.29 is 37.6 Å². The Kier molecular flexibility index (Phi) is 8.66. The second-order valence-electron chi connectivity index (χ2n) is 11.3. The Morgan fingerprint density at radius 2 is 1.89 bits per heavy atom. The van der Waals surface area contributed by atoms with Crippen molar-refractivity contribution in [2.24, 2.45) is 0 Å². The van der Waals surface area contributed by atoms with Crippen molar-refractivity contribution in [3.63, 3.8) is 0 Å². The van der Waals surface area contributed by atoms with E-state index in [-0.39, 0.29) is 49.2 Å². The number of allylic oxidation sites excluding steroid dienone is 1. The summed E-state index contributed by atoms with van der Waals surface area (Å²) in [4.78, 5) is 64.6. The molecule has 45 heavy (non-hydrogen) atoms. The van der Waals surface area contributed by atoms with Crippen LogP contribution >= 0.6 is 8.17 Å². The van der Waals surface area contributed by atoms with Crippen molar-refractivity contribution in [3.8, 4) is 11.4 Å². The van der Waals surface area contributed by atoms with E-state index in [4.69, 9.17) is 18.8 Å². The fourth-order valence-electron chi connectivity index (χ4n) is 6.08. The third-order valence-corrected chi connectivity index (χ3v) is 9.18. The molecule has 2 aromatic heterocycles. The van der Waals surface area contributed by atoms with E-state index in [0.717, 1.165) is 42.4 Å². The fourth-order valence-corrected chi connectivity index (χ4v) is 7.03. The minimum atomic E-state index is -4.95. The number of rotatable bonds is 9. The van der Waals surface area contributed by atoms with Crippen molar-refractivity contribution in [2.45, 2.75) is 58.5 Å². The quantitative estimate of drug-likeness (QED) is 0.158. The predicted octanol–water partition coefficient (Wildman–Crippen LogP) is 3.36. The molecule has 0 spiro atoms. The molecule has 6 rings (SSSR count). The summed E-state index contributed by atoms with van der Waals surface area (Å²) >= 11 is 0. The van der Waals surface area contributed by atoms with Crippen LogP contribution in [0.5, 0.6) is 0 Å². The van der Waals surface area contributed by atoms with E-state index in [2.05, 4.69) is 10.6 Å². The summed E-state index contributed by atoms with van der Waals surface area (Å²) in [6, 6.07) is 8.12. The van der Waals surface area contributed by atoms with Crippen molar-refractivity contribution in [1.29, 1.82) is 0 Å². The summed E-state index contributed by atoms with van der Waals surface area (Å²) in [5.74, 6) is -1.50. The number of anilines is 1. The van der Waals surface area contributed by atoms with Crippen LogP contribution in [0.2, 0.25) is 0 Å². The first-order valence-corrected chi connectivity index (χ1v) is 16.4. The first-order valence-electron chi connectivity index (χ1n) is 14.7. The number of pyridine rings is 2. The zero-order valence-electron chi connectivity index (χ0n) is 24.8. The maximum absolute atomic E-state index is 14.0. The molecule has 0 radical (unpaired) electrons. The van der Waals surface area contributed by atoms with Crippen LogP contribution in [0.1, 0.15) is 64.9 Å². The molecule has 1 amide bonds. The number of carbonyl (C=O) groups is 2. The number of esters is 1. The summed E-state index contributed by atoms with van der Waals surface area (Å²) in [7, 11) is -3.29. The minimum absolute atomic E-state index is 0.138. The van der Waals surface area contributed by atoms with Gasteiger partial charge in [0, 0.05) is 0 Å². The van der Waals surface area contributed by atoms with Crippen LogP contribution in [0.3, 0.4) is 0 Å². The first-order chi connectivity index (χ1) is 21.5. The number of hydrogen-bond acceptors (Lipinski definition) is 10. The van der Waals surface area contributed by atoms with Gasteiger partial charge in [-0.15, -0.1) is 0 Å². The van der Waals surface area contributed by atoms with E-state index in [9.17, 15) is 28.6 Å². The van der Waals surface area contributed by atoms with Crippen LogP contribution < -0.4 is 16.2 Å². The molecule has 0 saturated carbocycles. The van der Waals surface area contributed by atoms with Gasteiger partial charge in [0.2, 0.25) is 0 Å². The van der Waals surface area contributed by atoms with E-state index in [1.54, 1.807) is 41.9 Å². The van der Waals surface area contributed by atoms with Gasteiger partial charge in [0.05, 0.1) is 0 Å². The van der Waals surface area contributed by atoms with Crippen LogP contribution in [-0.4, -0.2) is 44.8 Å². The van der Waals surface area contributed by atoms with Crippen molar-refractivity contribution in [2.75, 3.05) is 18.9 Å². The predicted molar refractivity (Wildman–Crippen MR) is 165 cm³/mol. The average Bonchev–Trinajstić information content (AvgIpc) is 3.37. The third kappa shape index (κ3) is 6.32. The number of nitrogens with zero attached hydrogens (tertiary/aromatic N) is 2. The maximum atomic E-state index is 14.0. The molecule has 12 nitrogen and oxygen atoms in total. The van der Waals surface area contributed by atoms with Crippen molar-refractivity contribution in [3.05, 3.63) is 85.6 Å². The number of fused-ring (bicyclic) bond motifs is 6. The zero-order valence-corrected chi connectivity index (χ0v) is 25.8. The number of hydrogen-bond donors (Lipinski definition) is 4. The summed E-state index contributed by atoms with van der Waals surface area (Å²) in [6.07, 6.45) is 3.26. The van der Waals surface area contributed by atoms with Crippen molar-refractivity contribution >= 4 is 31.8 Å². The Bertz CT molecular complexity index is 1770. The fraction of sp³-hybridized carbons (Fsp3) is 0.355. The van der Waals surface area contributed by atoms with Gasteiger partial charge in [0.25, 0.3) is 0 Å². The van der Waals surface area contributed by atoms with Gasteiger partial charge in [-0.3, -0.25) is 0 Å². The molecule has 0 fully saturated rings. The van der Waals surface area contributed by atoms with E-state index in [1.165, 1.54) is 13.0 Å². The van der Waals surface area contributed by atoms with E-state index < -0.39 is 25.8 Å². The van der Waals surface area contributed by atoms with Crippen LogP contribution in [0.4, 0.5) is 10.1 Å². The molecule has 1 unspecified atom stereocenters. The molecule has 4 N–H and O–H groups in total. The molecule has 3 aliphatic rings. The number of likely N-dealkylation sites (N-methyl/N-ethyl adjacent to an activating group) is 1. The molecule has 14 heteroatoms. The summed E-state index contributed by atoms with van der Waals surface area (Å²) in [5.41, 5.74) is 5.42. The SMILES string of the molecule is CNCC(=O)Nc1ccc(CO[PH](O)(O)OC2C(=O)OCc3c2cc2n(c3=O)Cc3c-2nc(/C=C(\C)F)c2c3CCCC2)cc1. The van der Waals surface area contributed by atoms with Gasteiger partial charge in [-0.1, -0.05) is 0 Å². The van der Waals surface area contributed by atoms with Gasteiger partial charge >= 0.3 is 259 Å². The number of aromatic nitrogens is 2. The Morgan fingerprint density at radius 3 is 2.60 bits per heavy atom. The molecule has 4 heterocycles. The summed E-state index contributed by atoms with van der Waals surface area (Å²) in [6.45, 7) is 1.22. The van der Waals surface area contributed by atoms with Gasteiger partial charge < -0.3 is 0 Å². The monoisotopic (exact) mass is 640 g/mol. The van der Waals surface area contributed by atoms with Crippen molar-refractivity contribution in [1.82, 2.24) is 14.9 Å². The molecule has 1 atom stereocenters. The molecule has 2 aliphatic heterocycles. The number of amides is 1. The second-order valence-corrected chi connectivity index (χ2v) is 12.9. The Hall–Kier alpha value is -3.84. The number of ether oxygens (including phenoxy) is 1. The third-order valence-electron chi connectivity index (χ3n) is 8.12. The molecule has 1 aliphatic carbocycles. The summed E-state index contributed by atoms with van der Waals surface area (Å²) < 4.78 is 31.6. The van der Waals surface area contributed by atoms with Gasteiger partial charge in [-0.25, -0.2) is 0 Å². The number of nitrogens with one attached hydrogen (secondary N) is 2. The number of halogens is 1. The standard InChI is InChI=1S/C31H34FN4O8P/c1-17(32)11-25-21-6-4-3-5-20(21)23-14-36-26(28(23)35-25)12-22-24(30(36)38)16-42-31(39)29(22)44-45(40,41)43-15-18-7-9-19(10-8-18)34-27(37)13-33-2/h7-12,29,33,40-41,45H,3-6,13-16H2,1-2H3,(H,34,37)/b17-11+. The second kappa shape index (κ2) is 12.5.